The van der Waals surface area contributed by atoms with Gasteiger partial charge in [0.05, 0.1) is 16.7 Å². The predicted molar refractivity (Wildman–Crippen MR) is 224 cm³/mol. The van der Waals surface area contributed by atoms with Crippen LogP contribution in [0, 0.1) is 0 Å². The second-order valence-corrected chi connectivity index (χ2v) is 15.5. The molecule has 0 spiro atoms. The quantitative estimate of drug-likeness (QED) is 0.173. The third-order valence-electron chi connectivity index (χ3n) is 10.5. The fourth-order valence-electron chi connectivity index (χ4n) is 8.16. The predicted octanol–water partition coefficient (Wildman–Crippen LogP) is 14.3. The molecule has 5 heteroatoms. The smallest absolute Gasteiger partial charge is 0.136 e. The van der Waals surface area contributed by atoms with Crippen molar-refractivity contribution < 1.29 is 4.42 Å². The van der Waals surface area contributed by atoms with E-state index in [0.717, 1.165) is 61.9 Å². The Kier molecular flexibility index (Phi) is 6.70. The van der Waals surface area contributed by atoms with Gasteiger partial charge in [0.2, 0.25) is 0 Å². The van der Waals surface area contributed by atoms with E-state index >= 15 is 0 Å². The van der Waals surface area contributed by atoms with Gasteiger partial charge < -0.3 is 4.42 Å². The van der Waals surface area contributed by atoms with Crippen LogP contribution in [0.25, 0.3) is 80.6 Å². The van der Waals surface area contributed by atoms with Crippen molar-refractivity contribution in [3.05, 3.63) is 167 Å². The summed E-state index contributed by atoms with van der Waals surface area (Å²) in [6, 6.07) is 52.5. The van der Waals surface area contributed by atoms with Crippen LogP contribution in [0.1, 0.15) is 24.0 Å². The van der Waals surface area contributed by atoms with E-state index in [2.05, 4.69) is 160 Å². The van der Waals surface area contributed by atoms with Crippen molar-refractivity contribution in [2.24, 2.45) is 4.99 Å². The van der Waals surface area contributed by atoms with Crippen LogP contribution in [0.4, 0.5) is 5.69 Å². The fourth-order valence-corrected chi connectivity index (χ4v) is 9.84. The summed E-state index contributed by atoms with van der Waals surface area (Å²) in [5.74, 6) is 1.06. The molecule has 7 aromatic carbocycles. The number of rotatable bonds is 2. The van der Waals surface area contributed by atoms with E-state index < -0.39 is 0 Å². The number of para-hydroxylation sites is 1. The zero-order chi connectivity index (χ0) is 34.3. The Morgan fingerprint density at radius 3 is 2.29 bits per heavy atom. The van der Waals surface area contributed by atoms with Crippen LogP contribution in [0.3, 0.4) is 0 Å². The molecule has 0 unspecified atom stereocenters. The summed E-state index contributed by atoms with van der Waals surface area (Å²) >= 11 is 5.63. The Morgan fingerprint density at radius 1 is 0.577 bits per heavy atom. The number of furan rings is 1. The number of thiophene rings is 1. The highest BCUT2D eigenvalue weighted by Gasteiger charge is 2.21. The lowest BCUT2D eigenvalue weighted by molar-refractivity contribution is 0.669. The minimum Gasteiger partial charge on any atom is -0.456 e. The Morgan fingerprint density at radius 2 is 1.37 bits per heavy atom. The van der Waals surface area contributed by atoms with E-state index in [0.29, 0.717) is 0 Å². The van der Waals surface area contributed by atoms with Gasteiger partial charge in [-0.2, -0.15) is 0 Å². The first-order chi connectivity index (χ1) is 25.7. The van der Waals surface area contributed by atoms with Gasteiger partial charge in [0, 0.05) is 58.2 Å². The number of aromatic nitrogens is 1. The number of aliphatic imine (C=N–C) groups is 1. The fraction of sp³-hybridized carbons (Fsp3) is 0.0426. The number of nitrogens with zero attached hydrogens (tertiary/aromatic N) is 2. The van der Waals surface area contributed by atoms with E-state index in [1.54, 1.807) is 0 Å². The van der Waals surface area contributed by atoms with Crippen molar-refractivity contribution >= 4 is 108 Å². The lowest BCUT2D eigenvalue weighted by atomic mass is 9.94. The van der Waals surface area contributed by atoms with Crippen LogP contribution < -0.4 is 0 Å². The highest BCUT2D eigenvalue weighted by atomic mass is 79.9. The lowest BCUT2D eigenvalue weighted by Gasteiger charge is -2.18. The van der Waals surface area contributed by atoms with Crippen molar-refractivity contribution in [3.8, 4) is 11.1 Å². The van der Waals surface area contributed by atoms with E-state index in [9.17, 15) is 0 Å². The summed E-state index contributed by atoms with van der Waals surface area (Å²) in [5.41, 5.74) is 11.1. The van der Waals surface area contributed by atoms with Gasteiger partial charge in [0.25, 0.3) is 0 Å². The third kappa shape index (κ3) is 4.59. The maximum atomic E-state index is 6.22. The molecule has 0 saturated heterocycles. The number of halogens is 1. The molecular formula is C47H29BrN2OS. The molecule has 0 saturated carbocycles. The molecule has 246 valence electrons. The molecule has 1 aliphatic rings. The first-order valence-corrected chi connectivity index (χ1v) is 19.2. The molecular weight excluding hydrogens is 721 g/mol. The molecule has 0 radical (unpaired) electrons. The minimum atomic E-state index is 0.814. The van der Waals surface area contributed by atoms with E-state index in [4.69, 9.17) is 9.41 Å². The number of allylic oxidation sites excluding steroid dienone is 1. The Balaban J connectivity index is 1.16. The summed E-state index contributed by atoms with van der Waals surface area (Å²) in [5, 5.41) is 7.29. The Bertz CT molecular complexity index is 3140. The van der Waals surface area contributed by atoms with E-state index in [-0.39, 0.29) is 0 Å². The van der Waals surface area contributed by atoms with Crippen LogP contribution in [0.15, 0.2) is 166 Å². The molecule has 10 aromatic rings. The zero-order valence-corrected chi connectivity index (χ0v) is 30.3. The summed E-state index contributed by atoms with van der Waals surface area (Å²) in [4.78, 5) is 5.51. The normalized spacial score (nSPS) is 14.6. The highest BCUT2D eigenvalue weighted by Crippen LogP contribution is 2.43. The zero-order valence-electron chi connectivity index (χ0n) is 27.9. The van der Waals surface area contributed by atoms with Crippen LogP contribution in [-0.4, -0.2) is 10.4 Å². The van der Waals surface area contributed by atoms with Crippen LogP contribution in [0.2, 0.25) is 0 Å². The number of hydrogen-bond acceptors (Lipinski definition) is 3. The van der Waals surface area contributed by atoms with Crippen LogP contribution in [0.5, 0.6) is 0 Å². The molecule has 4 heterocycles. The van der Waals surface area contributed by atoms with E-state index in [1.165, 1.54) is 58.7 Å². The Hall–Kier alpha value is -5.75. The molecule has 0 aliphatic carbocycles. The molecule has 3 nitrogen and oxygen atoms in total. The number of hydrogen-bond donors (Lipinski definition) is 0. The SMILES string of the molecule is Brc1cccc2oc3ccc(-c4ccc5c(c4)c4cc6c(cc4n5C4=Nc5ccccc5/C(c5ccccc5)=C\CC4)sc4ccccc46)cc3c12. The van der Waals surface area contributed by atoms with Crippen molar-refractivity contribution in [3.63, 3.8) is 0 Å². The highest BCUT2D eigenvalue weighted by molar-refractivity contribution is 9.10. The van der Waals surface area contributed by atoms with Crippen molar-refractivity contribution in [2.75, 3.05) is 0 Å². The topological polar surface area (TPSA) is 30.4 Å². The van der Waals surface area contributed by atoms with Crippen molar-refractivity contribution in [1.82, 2.24) is 4.57 Å². The van der Waals surface area contributed by atoms with Crippen LogP contribution in [-0.2, 0) is 0 Å². The molecule has 0 fully saturated rings. The average Bonchev–Trinajstić information content (AvgIpc) is 3.83. The van der Waals surface area contributed by atoms with Gasteiger partial charge in [-0.1, -0.05) is 107 Å². The maximum absolute atomic E-state index is 6.22. The minimum absolute atomic E-state index is 0.814. The molecule has 0 N–H and O–H groups in total. The molecule has 52 heavy (non-hydrogen) atoms. The first-order valence-electron chi connectivity index (χ1n) is 17.6. The van der Waals surface area contributed by atoms with Crippen molar-refractivity contribution in [2.45, 2.75) is 12.8 Å². The standard InChI is InChI=1S/C47H29BrN2OS/c48-38-15-9-17-43-47(38)37-25-30(21-23-42(37)51-43)29-20-22-40-34(24-29)35-26-36-33-13-5-7-18-44(33)52-45(36)27-41(35)50(40)46-19-8-14-31(28-10-2-1-3-11-28)32-12-4-6-16-39(32)49-46/h1-7,9-18,20-27H,8,19H2/b31-14-,49-46?. The van der Waals surface area contributed by atoms with E-state index in [1.807, 2.05) is 23.5 Å². The molecule has 0 atom stereocenters. The van der Waals surface area contributed by atoms with Gasteiger partial charge in [-0.3, -0.25) is 4.57 Å². The number of benzene rings is 7. The van der Waals surface area contributed by atoms with Gasteiger partial charge in [0.1, 0.15) is 17.0 Å². The van der Waals surface area contributed by atoms with Gasteiger partial charge in [-0.15, -0.1) is 11.3 Å². The molecule has 1 aliphatic heterocycles. The first kappa shape index (κ1) is 29.9. The third-order valence-corrected chi connectivity index (χ3v) is 12.3. The summed E-state index contributed by atoms with van der Waals surface area (Å²) in [7, 11) is 0. The summed E-state index contributed by atoms with van der Waals surface area (Å²) < 4.78 is 12.3. The second-order valence-electron chi connectivity index (χ2n) is 13.5. The van der Waals surface area contributed by atoms with Gasteiger partial charge >= 0.3 is 0 Å². The largest absolute Gasteiger partial charge is 0.456 e. The molecule has 0 bridgehead atoms. The van der Waals surface area contributed by atoms with Crippen LogP contribution >= 0.6 is 27.3 Å². The summed E-state index contributed by atoms with van der Waals surface area (Å²) in [6.07, 6.45) is 4.10. The Labute approximate surface area is 311 Å². The average molecular weight is 750 g/mol. The second kappa shape index (κ2) is 11.6. The summed E-state index contributed by atoms with van der Waals surface area (Å²) in [6.45, 7) is 0. The number of fused-ring (bicyclic) bond motifs is 10. The van der Waals surface area contributed by atoms with Gasteiger partial charge in [-0.05, 0) is 89.3 Å². The maximum Gasteiger partial charge on any atom is 0.136 e. The van der Waals surface area contributed by atoms with Gasteiger partial charge in [0.15, 0.2) is 0 Å². The monoisotopic (exact) mass is 748 g/mol. The van der Waals surface area contributed by atoms with Gasteiger partial charge in [-0.25, -0.2) is 4.99 Å². The van der Waals surface area contributed by atoms with Crippen molar-refractivity contribution in [1.29, 1.82) is 0 Å². The molecule has 0 amide bonds. The molecule has 11 rings (SSSR count). The molecule has 3 aromatic heterocycles. The lowest BCUT2D eigenvalue weighted by Crippen LogP contribution is -2.12.